The molecule has 0 aliphatic carbocycles. The smallest absolute Gasteiger partial charge is 0.173 e. The van der Waals surface area contributed by atoms with Gasteiger partial charge in [-0.05, 0) is 87.2 Å². The van der Waals surface area contributed by atoms with Crippen molar-refractivity contribution in [2.24, 2.45) is 0 Å². The zero-order valence-corrected chi connectivity index (χ0v) is 19.2. The van der Waals surface area contributed by atoms with Crippen molar-refractivity contribution in [3.8, 4) is 11.5 Å². The van der Waals surface area contributed by atoms with E-state index in [1.807, 2.05) is 36.4 Å². The van der Waals surface area contributed by atoms with E-state index in [0.717, 1.165) is 48.9 Å². The Morgan fingerprint density at radius 2 is 0.967 bits per heavy atom. The van der Waals surface area contributed by atoms with Gasteiger partial charge in [0.2, 0.25) is 0 Å². The number of phenols is 2. The molecule has 0 unspecified atom stereocenters. The molecule has 2 aromatic rings. The van der Waals surface area contributed by atoms with E-state index in [2.05, 4.69) is 26.2 Å². The zero-order chi connectivity index (χ0) is 19.9. The molecule has 30 heavy (non-hydrogen) atoms. The predicted molar refractivity (Wildman–Crippen MR) is 139 cm³/mol. The highest BCUT2D eigenvalue weighted by molar-refractivity contribution is 6.84. The molecule has 0 saturated carbocycles. The minimum atomic E-state index is -1.72. The van der Waals surface area contributed by atoms with Gasteiger partial charge < -0.3 is 14.3 Å². The molecule has 0 saturated heterocycles. The Morgan fingerprint density at radius 3 is 1.30 bits per heavy atom. The number of hydrogen-bond acceptors (Lipinski definition) is 3. The van der Waals surface area contributed by atoms with E-state index < -0.39 is 16.6 Å². The van der Waals surface area contributed by atoms with E-state index in [1.54, 1.807) is 12.1 Å². The number of aryl methyl sites for hydroxylation is 2. The quantitative estimate of drug-likeness (QED) is 0.360. The summed E-state index contributed by atoms with van der Waals surface area (Å²) < 4.78 is 6.71. The molecule has 0 aromatic heterocycles. The van der Waals surface area contributed by atoms with Gasteiger partial charge in [-0.15, -0.1) is 0 Å². The van der Waals surface area contributed by atoms with Gasteiger partial charge in [-0.1, -0.05) is 58.7 Å². The van der Waals surface area contributed by atoms with Gasteiger partial charge in [0, 0.05) is 0 Å². The van der Waals surface area contributed by atoms with Gasteiger partial charge >= 0.3 is 0 Å². The van der Waals surface area contributed by atoms with Crippen LogP contribution in [-0.4, -0.2) is 26.8 Å². The second-order valence-corrected chi connectivity index (χ2v) is 17.4. The normalized spacial score (nSPS) is 11.1. The highest BCUT2D eigenvalue weighted by Gasteiger charge is 2.32. The van der Waals surface area contributed by atoms with Crippen molar-refractivity contribution < 1.29 is 14.3 Å². The fraction of sp³-hybridized carbons (Fsp3) is 0.520. The number of para-hydroxylation sites is 2. The second-order valence-electron chi connectivity index (χ2n) is 8.59. The highest BCUT2D eigenvalue weighted by atomic mass is 28.4. The van der Waals surface area contributed by atoms with Gasteiger partial charge in [-0.2, -0.15) is 0 Å². The SMILES string of the molecule is C.C.C.C[Si](C)(CCCc1ccccc1O)O[Si](C)(C)CCCc1ccccc1O. The summed E-state index contributed by atoms with van der Waals surface area (Å²) in [7, 11) is -3.44. The van der Waals surface area contributed by atoms with Gasteiger partial charge in [0.25, 0.3) is 0 Å². The fourth-order valence-corrected chi connectivity index (χ4v) is 12.6. The molecule has 0 fully saturated rings. The minimum Gasteiger partial charge on any atom is -0.508 e. The first kappa shape index (κ1) is 30.6. The molecule has 0 aliphatic rings. The van der Waals surface area contributed by atoms with E-state index in [9.17, 15) is 10.2 Å². The summed E-state index contributed by atoms with van der Waals surface area (Å²) in [6.45, 7) is 9.26. The average Bonchev–Trinajstić information content (AvgIpc) is 2.57. The molecule has 5 heteroatoms. The molecule has 0 atom stereocenters. The number of rotatable bonds is 10. The summed E-state index contributed by atoms with van der Waals surface area (Å²) in [6, 6.07) is 17.4. The van der Waals surface area contributed by atoms with Crippen molar-refractivity contribution in [3.63, 3.8) is 0 Å². The first-order valence-corrected chi connectivity index (χ1v) is 16.2. The molecule has 172 valence electrons. The molecule has 2 rings (SSSR count). The van der Waals surface area contributed by atoms with Crippen molar-refractivity contribution in [2.45, 2.75) is 86.2 Å². The lowest BCUT2D eigenvalue weighted by Gasteiger charge is -2.34. The van der Waals surface area contributed by atoms with Crippen LogP contribution < -0.4 is 0 Å². The van der Waals surface area contributed by atoms with Crippen LogP contribution in [0.5, 0.6) is 11.5 Å². The Kier molecular flexibility index (Phi) is 14.0. The van der Waals surface area contributed by atoms with Crippen LogP contribution in [0.25, 0.3) is 0 Å². The van der Waals surface area contributed by atoms with Crippen LogP contribution in [0, 0.1) is 0 Å². The van der Waals surface area contributed by atoms with E-state index in [4.69, 9.17) is 4.12 Å². The maximum absolute atomic E-state index is 9.91. The molecular weight excluding hydrogens is 404 g/mol. The zero-order valence-electron chi connectivity index (χ0n) is 17.2. The van der Waals surface area contributed by atoms with Crippen LogP contribution in [0.1, 0.15) is 46.2 Å². The van der Waals surface area contributed by atoms with E-state index in [-0.39, 0.29) is 22.3 Å². The second kappa shape index (κ2) is 13.7. The summed E-state index contributed by atoms with van der Waals surface area (Å²) in [5.74, 6) is 0.800. The maximum Gasteiger partial charge on any atom is 0.173 e. The largest absolute Gasteiger partial charge is 0.508 e. The van der Waals surface area contributed by atoms with Crippen LogP contribution in [0.3, 0.4) is 0 Å². The lowest BCUT2D eigenvalue weighted by Crippen LogP contribution is -2.44. The summed E-state index contributed by atoms with van der Waals surface area (Å²) in [5.41, 5.74) is 2.06. The summed E-state index contributed by atoms with van der Waals surface area (Å²) in [5, 5.41) is 19.8. The first-order chi connectivity index (χ1) is 12.7. The highest BCUT2D eigenvalue weighted by Crippen LogP contribution is 2.27. The third kappa shape index (κ3) is 10.5. The van der Waals surface area contributed by atoms with Crippen LogP contribution in [-0.2, 0) is 17.0 Å². The molecule has 2 N–H and O–H groups in total. The lowest BCUT2D eigenvalue weighted by atomic mass is 10.1. The monoisotopic (exact) mass is 450 g/mol. The van der Waals surface area contributed by atoms with Crippen molar-refractivity contribution in [2.75, 3.05) is 0 Å². The standard InChI is InChI=1S/C22H34O3Si2.3CH4/c1-26(2,17-9-13-19-11-5-7-15-21(19)23)25-27(3,4)18-10-14-20-12-6-8-16-22(20)24;;;/h5-8,11-12,15-16,23-24H,9-10,13-14,17-18H2,1-4H3;3*1H4. The minimum absolute atomic E-state index is 0. The number of phenolic OH excluding ortho intramolecular Hbond substituents is 2. The van der Waals surface area contributed by atoms with Gasteiger partial charge in [0.05, 0.1) is 0 Å². The topological polar surface area (TPSA) is 49.7 Å². The molecule has 2 aromatic carbocycles. The van der Waals surface area contributed by atoms with Crippen LogP contribution >= 0.6 is 0 Å². The van der Waals surface area contributed by atoms with Gasteiger partial charge in [0.15, 0.2) is 16.6 Å². The first-order valence-electron chi connectivity index (χ1n) is 9.92. The molecule has 0 amide bonds. The molecule has 0 bridgehead atoms. The van der Waals surface area contributed by atoms with Crippen molar-refractivity contribution >= 4 is 16.6 Å². The molecule has 3 nitrogen and oxygen atoms in total. The summed E-state index contributed by atoms with van der Waals surface area (Å²) in [6.07, 6.45) is 3.92. The summed E-state index contributed by atoms with van der Waals surface area (Å²) in [4.78, 5) is 0. The third-order valence-electron chi connectivity index (χ3n) is 4.99. The number of aromatic hydroxyl groups is 2. The van der Waals surface area contributed by atoms with E-state index in [1.165, 1.54) is 0 Å². The molecule has 0 heterocycles. The van der Waals surface area contributed by atoms with Crippen LogP contribution in [0.15, 0.2) is 48.5 Å². The van der Waals surface area contributed by atoms with E-state index in [0.29, 0.717) is 11.5 Å². The van der Waals surface area contributed by atoms with E-state index >= 15 is 0 Å². The Balaban J connectivity index is 0. The van der Waals surface area contributed by atoms with Crippen LogP contribution in [0.4, 0.5) is 0 Å². The van der Waals surface area contributed by atoms with Gasteiger partial charge in [0.1, 0.15) is 11.5 Å². The van der Waals surface area contributed by atoms with Crippen molar-refractivity contribution in [3.05, 3.63) is 59.7 Å². The molecular formula is C25H46O3Si2. The Morgan fingerprint density at radius 1 is 0.633 bits per heavy atom. The Labute approximate surface area is 188 Å². The van der Waals surface area contributed by atoms with Crippen molar-refractivity contribution in [1.29, 1.82) is 0 Å². The lowest BCUT2D eigenvalue weighted by molar-refractivity contribution is 0.466. The maximum atomic E-state index is 9.91. The number of benzene rings is 2. The van der Waals surface area contributed by atoms with Gasteiger partial charge in [-0.3, -0.25) is 0 Å². The van der Waals surface area contributed by atoms with Crippen LogP contribution in [0.2, 0.25) is 38.3 Å². The Hall–Kier alpha value is -1.57. The Bertz CT molecular complexity index is 668. The fourth-order valence-electron chi connectivity index (χ4n) is 3.70. The number of hydrogen-bond donors (Lipinski definition) is 2. The molecule has 0 spiro atoms. The predicted octanol–water partition coefficient (Wildman–Crippen LogP) is 8.00. The van der Waals surface area contributed by atoms with Gasteiger partial charge in [-0.25, -0.2) is 0 Å². The summed E-state index contributed by atoms with van der Waals surface area (Å²) >= 11 is 0. The molecule has 0 aliphatic heterocycles. The average molecular weight is 451 g/mol. The third-order valence-corrected chi connectivity index (χ3v) is 12.5. The van der Waals surface area contributed by atoms with Crippen molar-refractivity contribution in [1.82, 2.24) is 0 Å². The molecule has 0 radical (unpaired) electrons.